The van der Waals surface area contributed by atoms with E-state index in [2.05, 4.69) is 33.8 Å². The number of alkyl halides is 2. The van der Waals surface area contributed by atoms with Crippen LogP contribution in [0.15, 0.2) is 30.5 Å². The third kappa shape index (κ3) is 3.96. The number of pyridine rings is 1. The van der Waals surface area contributed by atoms with Crippen LogP contribution in [-0.2, 0) is 10.2 Å². The quantitative estimate of drug-likeness (QED) is 0.663. The van der Waals surface area contributed by atoms with Crippen molar-refractivity contribution in [1.29, 1.82) is 0 Å². The fourth-order valence-electron chi connectivity index (χ4n) is 5.47. The molecule has 1 saturated heterocycles. The molecule has 9 heteroatoms. The summed E-state index contributed by atoms with van der Waals surface area (Å²) >= 11 is 5.88. The van der Waals surface area contributed by atoms with E-state index in [0.717, 1.165) is 48.7 Å². The van der Waals surface area contributed by atoms with E-state index < -0.39 is 23.4 Å². The number of benzene rings is 1. The van der Waals surface area contributed by atoms with Crippen LogP contribution < -0.4 is 15.5 Å². The lowest BCUT2D eigenvalue weighted by Gasteiger charge is -2.38. The highest BCUT2D eigenvalue weighted by Crippen LogP contribution is 2.45. The van der Waals surface area contributed by atoms with Crippen LogP contribution in [-0.4, -0.2) is 42.5 Å². The minimum Gasteiger partial charge on any atom is -0.349 e. The summed E-state index contributed by atoms with van der Waals surface area (Å²) < 4.78 is 26.5. The number of carbonyl (C=O) groups excluding carboxylic acids is 2. The molecule has 6 nitrogen and oxygen atoms in total. The molecule has 5 rings (SSSR count). The topological polar surface area (TPSA) is 74.3 Å². The van der Waals surface area contributed by atoms with Crippen molar-refractivity contribution in [3.63, 3.8) is 0 Å². The lowest BCUT2D eigenvalue weighted by molar-refractivity contribution is -0.125. The van der Waals surface area contributed by atoms with Crippen LogP contribution in [0.5, 0.6) is 0 Å². The predicted molar refractivity (Wildman–Crippen MR) is 125 cm³/mol. The van der Waals surface area contributed by atoms with Gasteiger partial charge in [0.1, 0.15) is 11.1 Å². The maximum Gasteiger partial charge on any atom is 0.281 e. The Hall–Kier alpha value is -2.58. The van der Waals surface area contributed by atoms with Gasteiger partial charge in [-0.05, 0) is 61.8 Å². The van der Waals surface area contributed by atoms with Crippen molar-refractivity contribution >= 4 is 29.1 Å². The summed E-state index contributed by atoms with van der Waals surface area (Å²) in [5, 5.41) is 6.28. The number of nitrogens with one attached hydrogen (secondary N) is 2. The van der Waals surface area contributed by atoms with Crippen molar-refractivity contribution in [3.8, 4) is 0 Å². The maximum absolute atomic E-state index is 13.4. The number of aromatic nitrogens is 1. The molecule has 1 saturated carbocycles. The minimum absolute atomic E-state index is 0.112. The van der Waals surface area contributed by atoms with E-state index in [1.807, 2.05) is 11.8 Å². The molecule has 2 fully saturated rings. The Bertz CT molecular complexity index is 1130. The molecule has 2 amide bonds. The first-order valence-electron chi connectivity index (χ1n) is 11.7. The van der Waals surface area contributed by atoms with Crippen molar-refractivity contribution < 1.29 is 18.4 Å². The SMILES string of the molecule is Cc1ccc2c(c1)N(CC1CCC(NC(=O)c3cc(Cl)cnc3C(F)F)CC1)C(=O)C21CNC1. The zero-order valence-electron chi connectivity index (χ0n) is 18.9. The number of carbonyl (C=O) groups is 2. The number of hydrogen-bond acceptors (Lipinski definition) is 4. The number of aryl methyl sites for hydroxylation is 1. The largest absolute Gasteiger partial charge is 0.349 e. The molecule has 2 aliphatic heterocycles. The van der Waals surface area contributed by atoms with Crippen molar-refractivity contribution in [2.24, 2.45) is 5.92 Å². The molecular weight excluding hydrogens is 462 g/mol. The van der Waals surface area contributed by atoms with E-state index in [4.69, 9.17) is 11.6 Å². The number of nitrogens with zero attached hydrogens (tertiary/aromatic N) is 2. The molecular formula is C25H27ClF2N4O2. The van der Waals surface area contributed by atoms with Crippen LogP contribution in [0.3, 0.4) is 0 Å². The average molecular weight is 489 g/mol. The Morgan fingerprint density at radius 3 is 2.65 bits per heavy atom. The molecule has 1 aromatic carbocycles. The molecule has 0 unspecified atom stereocenters. The van der Waals surface area contributed by atoms with Crippen LogP contribution in [0.4, 0.5) is 14.5 Å². The van der Waals surface area contributed by atoms with Gasteiger partial charge in [0.25, 0.3) is 12.3 Å². The van der Waals surface area contributed by atoms with Crippen molar-refractivity contribution in [2.75, 3.05) is 24.5 Å². The Balaban J connectivity index is 1.22. The molecule has 180 valence electrons. The van der Waals surface area contributed by atoms with Gasteiger partial charge in [0, 0.05) is 37.6 Å². The van der Waals surface area contributed by atoms with E-state index in [1.165, 1.54) is 6.07 Å². The number of halogens is 3. The van der Waals surface area contributed by atoms with E-state index in [9.17, 15) is 18.4 Å². The molecule has 2 aromatic rings. The lowest BCUT2D eigenvalue weighted by atomic mass is 9.76. The predicted octanol–water partition coefficient (Wildman–Crippen LogP) is 4.16. The highest BCUT2D eigenvalue weighted by molar-refractivity contribution is 6.30. The van der Waals surface area contributed by atoms with Gasteiger partial charge < -0.3 is 15.5 Å². The standard InChI is InChI=1S/C25H27ClF2N4O2/c1-14-2-7-19-20(8-14)32(24(34)25(19)12-29-13-25)11-15-3-5-17(6-4-15)31-23(33)18-9-16(26)10-30-21(18)22(27)28/h2,7-10,15,17,22,29H,3-6,11-13H2,1H3,(H,31,33). The summed E-state index contributed by atoms with van der Waals surface area (Å²) in [6, 6.07) is 7.39. The summed E-state index contributed by atoms with van der Waals surface area (Å²) in [5.41, 5.74) is 2.10. The van der Waals surface area contributed by atoms with Gasteiger partial charge >= 0.3 is 0 Å². The molecule has 3 heterocycles. The average Bonchev–Trinajstić information content (AvgIpc) is 3.02. The van der Waals surface area contributed by atoms with Gasteiger partial charge in [-0.2, -0.15) is 0 Å². The van der Waals surface area contributed by atoms with Gasteiger partial charge in [0.2, 0.25) is 5.91 Å². The third-order valence-corrected chi connectivity index (χ3v) is 7.63. The highest BCUT2D eigenvalue weighted by atomic mass is 35.5. The molecule has 0 atom stereocenters. The van der Waals surface area contributed by atoms with E-state index in [-0.39, 0.29) is 22.5 Å². The summed E-state index contributed by atoms with van der Waals surface area (Å²) in [4.78, 5) is 31.6. The zero-order valence-corrected chi connectivity index (χ0v) is 19.7. The monoisotopic (exact) mass is 488 g/mol. The number of anilines is 1. The molecule has 3 aliphatic rings. The first kappa shape index (κ1) is 23.2. The second-order valence-corrected chi connectivity index (χ2v) is 10.1. The van der Waals surface area contributed by atoms with Crippen molar-refractivity contribution in [3.05, 3.63) is 57.9 Å². The Kier molecular flexibility index (Phi) is 6.06. The summed E-state index contributed by atoms with van der Waals surface area (Å²) in [6.45, 7) is 4.05. The van der Waals surface area contributed by atoms with Gasteiger partial charge in [-0.15, -0.1) is 0 Å². The molecule has 1 aliphatic carbocycles. The number of amides is 2. The Morgan fingerprint density at radius 2 is 2.00 bits per heavy atom. The van der Waals surface area contributed by atoms with Crippen LogP contribution in [0.25, 0.3) is 0 Å². The fraction of sp³-hybridized carbons (Fsp3) is 0.480. The van der Waals surface area contributed by atoms with Crippen LogP contribution >= 0.6 is 11.6 Å². The second kappa shape index (κ2) is 8.89. The Morgan fingerprint density at radius 1 is 1.26 bits per heavy atom. The first-order chi connectivity index (χ1) is 16.3. The van der Waals surface area contributed by atoms with Gasteiger partial charge in [-0.3, -0.25) is 14.6 Å². The Labute approximate surface area is 202 Å². The molecule has 0 radical (unpaired) electrons. The third-order valence-electron chi connectivity index (χ3n) is 7.43. The van der Waals surface area contributed by atoms with Gasteiger partial charge in [0.15, 0.2) is 0 Å². The minimum atomic E-state index is -2.85. The van der Waals surface area contributed by atoms with E-state index >= 15 is 0 Å². The molecule has 2 N–H and O–H groups in total. The zero-order chi connectivity index (χ0) is 24.0. The second-order valence-electron chi connectivity index (χ2n) is 9.70. The van der Waals surface area contributed by atoms with Gasteiger partial charge in [0.05, 0.1) is 10.6 Å². The van der Waals surface area contributed by atoms with Crippen molar-refractivity contribution in [2.45, 2.75) is 50.5 Å². The first-order valence-corrected chi connectivity index (χ1v) is 12.0. The normalized spacial score (nSPS) is 23.2. The highest BCUT2D eigenvalue weighted by Gasteiger charge is 2.54. The number of fused-ring (bicyclic) bond motifs is 2. The molecule has 0 bridgehead atoms. The fourth-order valence-corrected chi connectivity index (χ4v) is 5.62. The molecule has 34 heavy (non-hydrogen) atoms. The maximum atomic E-state index is 13.4. The van der Waals surface area contributed by atoms with Gasteiger partial charge in [-0.25, -0.2) is 8.78 Å². The summed E-state index contributed by atoms with van der Waals surface area (Å²) in [7, 11) is 0. The van der Waals surface area contributed by atoms with Crippen LogP contribution in [0.2, 0.25) is 5.02 Å². The van der Waals surface area contributed by atoms with Crippen LogP contribution in [0.1, 0.15) is 59.3 Å². The van der Waals surface area contributed by atoms with Gasteiger partial charge in [-0.1, -0.05) is 23.7 Å². The number of rotatable bonds is 5. The van der Waals surface area contributed by atoms with E-state index in [1.54, 1.807) is 0 Å². The van der Waals surface area contributed by atoms with Crippen molar-refractivity contribution in [1.82, 2.24) is 15.6 Å². The van der Waals surface area contributed by atoms with Crippen LogP contribution in [0, 0.1) is 12.8 Å². The molecule has 1 spiro atoms. The molecule has 1 aromatic heterocycles. The summed E-state index contributed by atoms with van der Waals surface area (Å²) in [6.07, 6.45) is 1.40. The van der Waals surface area contributed by atoms with E-state index in [0.29, 0.717) is 25.6 Å². The smallest absolute Gasteiger partial charge is 0.281 e. The summed E-state index contributed by atoms with van der Waals surface area (Å²) in [5.74, 6) is -0.0827. The lowest BCUT2D eigenvalue weighted by Crippen LogP contribution is -2.62. The number of hydrogen-bond donors (Lipinski definition) is 2.